The molecule has 1 aromatic heterocycles. The fourth-order valence-corrected chi connectivity index (χ4v) is 2.15. The molecule has 0 aliphatic carbocycles. The largest absolute Gasteiger partial charge is 0.494 e. The van der Waals surface area contributed by atoms with E-state index in [9.17, 15) is 14.7 Å². The zero-order valence-corrected chi connectivity index (χ0v) is 11.8. The lowest BCUT2D eigenvalue weighted by atomic mass is 10.2. The summed E-state index contributed by atoms with van der Waals surface area (Å²) in [6, 6.07) is 7.02. The second-order valence-corrected chi connectivity index (χ2v) is 4.87. The lowest BCUT2D eigenvalue weighted by Gasteiger charge is -2.10. The van der Waals surface area contributed by atoms with Crippen molar-refractivity contribution >= 4 is 12.3 Å². The Morgan fingerprint density at radius 3 is 2.59 bits per heavy atom. The van der Waals surface area contributed by atoms with Crippen LogP contribution in [0.3, 0.4) is 0 Å². The van der Waals surface area contributed by atoms with Crippen molar-refractivity contribution in [2.45, 2.75) is 6.92 Å². The van der Waals surface area contributed by atoms with E-state index in [1.807, 2.05) is 19.1 Å². The molecule has 6 nitrogen and oxygen atoms in total. The summed E-state index contributed by atoms with van der Waals surface area (Å²) in [5.74, 6) is -0.416. The maximum atomic E-state index is 12.0. The Labute approximate surface area is 125 Å². The van der Waals surface area contributed by atoms with Crippen molar-refractivity contribution in [2.75, 3.05) is 0 Å². The Morgan fingerprint density at radius 1 is 1.23 bits per heavy atom. The number of nitrogens with zero attached hydrogens (tertiary/aromatic N) is 2. The third-order valence-corrected chi connectivity index (χ3v) is 3.28. The van der Waals surface area contributed by atoms with E-state index >= 15 is 0 Å². The van der Waals surface area contributed by atoms with E-state index in [1.165, 1.54) is 6.08 Å². The fraction of sp³-hybridized carbons (Fsp3) is 0.0625. The van der Waals surface area contributed by atoms with Gasteiger partial charge in [0.2, 0.25) is 5.88 Å². The molecule has 0 atom stereocenters. The van der Waals surface area contributed by atoms with Crippen LogP contribution in [0.2, 0.25) is 0 Å². The van der Waals surface area contributed by atoms with Gasteiger partial charge >= 0.3 is 5.69 Å². The van der Waals surface area contributed by atoms with E-state index in [1.54, 1.807) is 30.5 Å². The monoisotopic (exact) mass is 295 g/mol. The Hall–Kier alpha value is -3.15. The van der Waals surface area contributed by atoms with Crippen molar-refractivity contribution in [3.05, 3.63) is 74.1 Å². The second-order valence-electron chi connectivity index (χ2n) is 4.87. The van der Waals surface area contributed by atoms with Crippen LogP contribution < -0.4 is 11.2 Å². The van der Waals surface area contributed by atoms with Gasteiger partial charge in [0.25, 0.3) is 5.56 Å². The van der Waals surface area contributed by atoms with Crippen molar-refractivity contribution in [2.24, 2.45) is 4.99 Å². The van der Waals surface area contributed by atoms with Gasteiger partial charge in [-0.1, -0.05) is 17.7 Å². The molecule has 0 radical (unpaired) electrons. The van der Waals surface area contributed by atoms with Crippen molar-refractivity contribution in [3.8, 4) is 11.6 Å². The van der Waals surface area contributed by atoms with Crippen LogP contribution in [0, 0.1) is 6.92 Å². The van der Waals surface area contributed by atoms with Crippen LogP contribution in [0.5, 0.6) is 5.88 Å². The molecule has 2 heterocycles. The molecule has 3 rings (SSSR count). The van der Waals surface area contributed by atoms with Crippen LogP contribution in [-0.4, -0.2) is 20.9 Å². The minimum Gasteiger partial charge on any atom is -0.494 e. The lowest BCUT2D eigenvalue weighted by molar-refractivity contribution is 0.429. The third kappa shape index (κ3) is 2.42. The Balaban J connectivity index is 2.24. The van der Waals surface area contributed by atoms with Gasteiger partial charge in [-0.15, -0.1) is 0 Å². The molecule has 0 amide bonds. The summed E-state index contributed by atoms with van der Waals surface area (Å²) >= 11 is 0. The van der Waals surface area contributed by atoms with E-state index in [4.69, 9.17) is 0 Å². The highest BCUT2D eigenvalue weighted by Gasteiger charge is 2.14. The third-order valence-electron chi connectivity index (χ3n) is 3.28. The van der Waals surface area contributed by atoms with E-state index in [-0.39, 0.29) is 5.56 Å². The van der Waals surface area contributed by atoms with Gasteiger partial charge in [-0.2, -0.15) is 0 Å². The minimum atomic E-state index is -0.695. The van der Waals surface area contributed by atoms with Crippen molar-refractivity contribution < 1.29 is 5.11 Å². The molecular formula is C16H13N3O3. The molecule has 1 aliphatic heterocycles. The highest BCUT2D eigenvalue weighted by Crippen LogP contribution is 2.20. The second kappa shape index (κ2) is 5.33. The van der Waals surface area contributed by atoms with Gasteiger partial charge in [0.05, 0.1) is 11.4 Å². The van der Waals surface area contributed by atoms with Gasteiger partial charge in [0.15, 0.2) is 0 Å². The number of nitrogens with one attached hydrogen (secondary N) is 1. The molecule has 0 saturated carbocycles. The van der Waals surface area contributed by atoms with E-state index in [0.29, 0.717) is 11.4 Å². The Morgan fingerprint density at radius 2 is 1.95 bits per heavy atom. The van der Waals surface area contributed by atoms with Crippen LogP contribution >= 0.6 is 0 Å². The normalized spacial score (nSPS) is 14.9. The van der Waals surface area contributed by atoms with Gasteiger partial charge in [-0.05, 0) is 37.3 Å². The summed E-state index contributed by atoms with van der Waals surface area (Å²) in [7, 11) is 0. The number of benzene rings is 1. The molecule has 1 aliphatic rings. The molecule has 110 valence electrons. The number of aryl methyl sites for hydroxylation is 1. The van der Waals surface area contributed by atoms with Crippen LogP contribution in [-0.2, 0) is 0 Å². The average Bonchev–Trinajstić information content (AvgIpc) is 2.98. The number of allylic oxidation sites excluding steroid dienone is 2. The van der Waals surface area contributed by atoms with Crippen LogP contribution in [0.15, 0.2) is 56.7 Å². The average molecular weight is 295 g/mol. The zero-order chi connectivity index (χ0) is 15.7. The number of H-pyrrole nitrogens is 1. The summed E-state index contributed by atoms with van der Waals surface area (Å²) in [5, 5.41) is 10.4. The molecule has 0 bridgehead atoms. The highest BCUT2D eigenvalue weighted by molar-refractivity contribution is 5.79. The maximum Gasteiger partial charge on any atom is 0.335 e. The van der Waals surface area contributed by atoms with Crippen molar-refractivity contribution in [1.29, 1.82) is 0 Å². The predicted molar refractivity (Wildman–Crippen MR) is 84.7 cm³/mol. The summed E-state index contributed by atoms with van der Waals surface area (Å²) in [6.45, 7) is 1.92. The fourth-order valence-electron chi connectivity index (χ4n) is 2.15. The summed E-state index contributed by atoms with van der Waals surface area (Å²) in [4.78, 5) is 30.2. The first kappa shape index (κ1) is 13.8. The molecule has 6 heteroatoms. The summed E-state index contributed by atoms with van der Waals surface area (Å²) < 4.78 is 1.05. The highest BCUT2D eigenvalue weighted by atomic mass is 16.3. The smallest absolute Gasteiger partial charge is 0.335 e. The molecule has 0 unspecified atom stereocenters. The molecule has 0 fully saturated rings. The number of aromatic hydroxyl groups is 1. The van der Waals surface area contributed by atoms with Crippen LogP contribution in [0.25, 0.3) is 11.8 Å². The first-order chi connectivity index (χ1) is 10.6. The molecule has 0 spiro atoms. The minimum absolute atomic E-state index is 0.0149. The quantitative estimate of drug-likeness (QED) is 0.880. The summed E-state index contributed by atoms with van der Waals surface area (Å²) in [6.07, 6.45) is 6.42. The standard InChI is InChI=1S/C16H13N3O3/c1-10-4-6-12(7-5-10)19-15(21)13(14(20)18-16(19)22)9-11-3-2-8-17-11/h2-9,21H,1H3,(H,18,20,22). The predicted octanol–water partition coefficient (Wildman–Crippen LogP) is 1.52. The SMILES string of the molecule is Cc1ccc(-n2c(O)c(C=C3C=CC=N3)c(=O)[nH]c2=O)cc1. The molecule has 2 N–H and O–H groups in total. The maximum absolute atomic E-state index is 12.0. The number of hydrogen-bond donors (Lipinski definition) is 2. The van der Waals surface area contributed by atoms with Gasteiger partial charge in [0, 0.05) is 6.21 Å². The molecule has 22 heavy (non-hydrogen) atoms. The van der Waals surface area contributed by atoms with Crippen LogP contribution in [0.1, 0.15) is 11.1 Å². The molecule has 0 saturated heterocycles. The number of rotatable bonds is 2. The van der Waals surface area contributed by atoms with E-state index in [2.05, 4.69) is 9.98 Å². The van der Waals surface area contributed by atoms with Gasteiger partial charge < -0.3 is 5.11 Å². The molecule has 2 aromatic rings. The van der Waals surface area contributed by atoms with E-state index in [0.717, 1.165) is 10.1 Å². The van der Waals surface area contributed by atoms with Crippen molar-refractivity contribution in [1.82, 2.24) is 9.55 Å². The molecular weight excluding hydrogens is 282 g/mol. The van der Waals surface area contributed by atoms with E-state index < -0.39 is 17.1 Å². The number of hydrogen-bond acceptors (Lipinski definition) is 4. The van der Waals surface area contributed by atoms with Crippen LogP contribution in [0.4, 0.5) is 0 Å². The number of aromatic amines is 1. The van der Waals surface area contributed by atoms with Gasteiger partial charge in [-0.3, -0.25) is 14.8 Å². The zero-order valence-electron chi connectivity index (χ0n) is 11.8. The Kier molecular flexibility index (Phi) is 3.34. The molecule has 1 aromatic carbocycles. The van der Waals surface area contributed by atoms with Gasteiger partial charge in [0.1, 0.15) is 5.56 Å². The van der Waals surface area contributed by atoms with Gasteiger partial charge in [-0.25, -0.2) is 9.36 Å². The lowest BCUT2D eigenvalue weighted by Crippen LogP contribution is -2.30. The number of aromatic nitrogens is 2. The van der Waals surface area contributed by atoms with Crippen molar-refractivity contribution in [3.63, 3.8) is 0 Å². The first-order valence-electron chi connectivity index (χ1n) is 6.64. The topological polar surface area (TPSA) is 87.4 Å². The summed E-state index contributed by atoms with van der Waals surface area (Å²) in [5.41, 5.74) is 0.643. The Bertz CT molecular complexity index is 915. The first-order valence-corrected chi connectivity index (χ1v) is 6.64. The number of aliphatic imine (C=N–C) groups is 1.